The Balaban J connectivity index is 2.41. The first-order valence-corrected chi connectivity index (χ1v) is 7.78. The van der Waals surface area contributed by atoms with Crippen LogP contribution in [-0.2, 0) is 19.6 Å². The van der Waals surface area contributed by atoms with Crippen LogP contribution in [0.15, 0.2) is 0 Å². The number of carboxylic acids is 1. The predicted octanol–water partition coefficient (Wildman–Crippen LogP) is -1.67. The fraction of sp³-hybridized carbons (Fsp3) is 0.800. The first-order chi connectivity index (χ1) is 8.70. The number of amides is 1. The fourth-order valence-electron chi connectivity index (χ4n) is 1.92. The molecule has 110 valence electrons. The number of hydrogen-bond donors (Lipinski definition) is 3. The van der Waals surface area contributed by atoms with Gasteiger partial charge in [0.2, 0.25) is 15.9 Å². The smallest absolute Gasteiger partial charge is 0.305 e. The van der Waals surface area contributed by atoms with Crippen molar-refractivity contribution in [1.82, 2.24) is 9.62 Å². The summed E-state index contributed by atoms with van der Waals surface area (Å²) in [5, 5.41) is 11.2. The van der Waals surface area contributed by atoms with E-state index in [1.165, 1.54) is 4.31 Å². The van der Waals surface area contributed by atoms with Gasteiger partial charge in [0.25, 0.3) is 0 Å². The number of sulfonamides is 1. The molecule has 1 fully saturated rings. The molecule has 1 rings (SSSR count). The SMILES string of the molecule is CS(=O)(=O)N1CCC(NC(=O)C(N)CC(=O)O)CC1. The van der Waals surface area contributed by atoms with Gasteiger partial charge in [-0.2, -0.15) is 0 Å². The Labute approximate surface area is 112 Å². The predicted molar refractivity (Wildman–Crippen MR) is 67.8 cm³/mol. The van der Waals surface area contributed by atoms with Crippen LogP contribution in [0.2, 0.25) is 0 Å². The number of nitrogens with zero attached hydrogens (tertiary/aromatic N) is 1. The van der Waals surface area contributed by atoms with E-state index < -0.39 is 34.4 Å². The third-order valence-corrected chi connectivity index (χ3v) is 4.30. The van der Waals surface area contributed by atoms with Gasteiger partial charge < -0.3 is 16.2 Å². The number of piperidine rings is 1. The molecule has 1 unspecified atom stereocenters. The molecule has 0 bridgehead atoms. The molecule has 1 amide bonds. The lowest BCUT2D eigenvalue weighted by atomic mass is 10.1. The number of carbonyl (C=O) groups is 2. The monoisotopic (exact) mass is 293 g/mol. The molecule has 19 heavy (non-hydrogen) atoms. The number of nitrogens with two attached hydrogens (primary N) is 1. The number of carbonyl (C=O) groups excluding carboxylic acids is 1. The van der Waals surface area contributed by atoms with Crippen LogP contribution in [0.5, 0.6) is 0 Å². The number of nitrogens with one attached hydrogen (secondary N) is 1. The minimum absolute atomic E-state index is 0.162. The van der Waals surface area contributed by atoms with Crippen LogP contribution in [0.4, 0.5) is 0 Å². The average Bonchev–Trinajstić information content (AvgIpc) is 2.27. The zero-order chi connectivity index (χ0) is 14.6. The highest BCUT2D eigenvalue weighted by Gasteiger charge is 2.27. The highest BCUT2D eigenvalue weighted by molar-refractivity contribution is 7.88. The van der Waals surface area contributed by atoms with E-state index in [1.807, 2.05) is 0 Å². The quantitative estimate of drug-likeness (QED) is 0.555. The highest BCUT2D eigenvalue weighted by atomic mass is 32.2. The van der Waals surface area contributed by atoms with Crippen molar-refractivity contribution in [2.75, 3.05) is 19.3 Å². The first-order valence-electron chi connectivity index (χ1n) is 5.93. The lowest BCUT2D eigenvalue weighted by Gasteiger charge is -2.31. The van der Waals surface area contributed by atoms with Gasteiger partial charge in [0, 0.05) is 19.1 Å². The van der Waals surface area contributed by atoms with Gasteiger partial charge in [0.1, 0.15) is 0 Å². The average molecular weight is 293 g/mol. The van der Waals surface area contributed by atoms with Gasteiger partial charge in [-0.25, -0.2) is 12.7 Å². The van der Waals surface area contributed by atoms with Gasteiger partial charge in [0.15, 0.2) is 0 Å². The maximum absolute atomic E-state index is 11.6. The van der Waals surface area contributed by atoms with Crippen molar-refractivity contribution < 1.29 is 23.1 Å². The maximum Gasteiger partial charge on any atom is 0.305 e. The second-order valence-corrected chi connectivity index (χ2v) is 6.63. The van der Waals surface area contributed by atoms with E-state index in [-0.39, 0.29) is 6.04 Å². The Morgan fingerprint density at radius 3 is 2.37 bits per heavy atom. The highest BCUT2D eigenvalue weighted by Crippen LogP contribution is 2.13. The Morgan fingerprint density at radius 2 is 1.95 bits per heavy atom. The molecule has 1 atom stereocenters. The van der Waals surface area contributed by atoms with Crippen molar-refractivity contribution in [3.63, 3.8) is 0 Å². The summed E-state index contributed by atoms with van der Waals surface area (Å²) in [5.41, 5.74) is 5.43. The number of carboxylic acid groups (broad SMARTS) is 1. The van der Waals surface area contributed by atoms with E-state index in [0.717, 1.165) is 6.26 Å². The molecule has 0 aromatic carbocycles. The Hall–Kier alpha value is -1.19. The van der Waals surface area contributed by atoms with Gasteiger partial charge in [0.05, 0.1) is 18.7 Å². The molecule has 0 radical (unpaired) electrons. The maximum atomic E-state index is 11.6. The molecule has 0 saturated carbocycles. The summed E-state index contributed by atoms with van der Waals surface area (Å²) in [6.07, 6.45) is 1.72. The van der Waals surface area contributed by atoms with E-state index in [4.69, 9.17) is 10.8 Å². The van der Waals surface area contributed by atoms with Crippen molar-refractivity contribution in [2.24, 2.45) is 5.73 Å². The van der Waals surface area contributed by atoms with Crippen molar-refractivity contribution in [1.29, 1.82) is 0 Å². The topological polar surface area (TPSA) is 130 Å². The summed E-state index contributed by atoms with van der Waals surface area (Å²) >= 11 is 0. The Kier molecular flexibility index (Phi) is 5.27. The fourth-order valence-corrected chi connectivity index (χ4v) is 2.79. The Morgan fingerprint density at radius 1 is 1.42 bits per heavy atom. The summed E-state index contributed by atoms with van der Waals surface area (Å²) in [4.78, 5) is 22.0. The van der Waals surface area contributed by atoms with E-state index in [9.17, 15) is 18.0 Å². The molecule has 1 saturated heterocycles. The molecule has 8 nitrogen and oxygen atoms in total. The zero-order valence-electron chi connectivity index (χ0n) is 10.7. The molecule has 0 aliphatic carbocycles. The van der Waals surface area contributed by atoms with Crippen molar-refractivity contribution in [3.8, 4) is 0 Å². The van der Waals surface area contributed by atoms with Crippen LogP contribution in [-0.4, -0.2) is 61.1 Å². The number of hydrogen-bond acceptors (Lipinski definition) is 5. The minimum atomic E-state index is -3.19. The van der Waals surface area contributed by atoms with Crippen LogP contribution in [0.25, 0.3) is 0 Å². The van der Waals surface area contributed by atoms with Crippen molar-refractivity contribution >= 4 is 21.9 Å². The van der Waals surface area contributed by atoms with Crippen molar-refractivity contribution in [2.45, 2.75) is 31.3 Å². The molecule has 0 aromatic rings. The third-order valence-electron chi connectivity index (χ3n) is 3.00. The van der Waals surface area contributed by atoms with Crippen molar-refractivity contribution in [3.05, 3.63) is 0 Å². The normalized spacial score (nSPS) is 19.9. The molecule has 1 heterocycles. The summed E-state index contributed by atoms with van der Waals surface area (Å²) in [6, 6.07) is -1.24. The van der Waals surface area contributed by atoms with E-state index in [1.54, 1.807) is 0 Å². The third kappa shape index (κ3) is 5.13. The van der Waals surface area contributed by atoms with Crippen LogP contribution < -0.4 is 11.1 Å². The Bertz CT molecular complexity index is 442. The van der Waals surface area contributed by atoms with Crippen LogP contribution in [0.3, 0.4) is 0 Å². The summed E-state index contributed by atoms with van der Waals surface area (Å²) in [6.45, 7) is 0.690. The number of rotatable bonds is 5. The van der Waals surface area contributed by atoms with E-state index in [2.05, 4.69) is 5.32 Å². The first kappa shape index (κ1) is 15.9. The largest absolute Gasteiger partial charge is 0.481 e. The second kappa shape index (κ2) is 6.31. The lowest BCUT2D eigenvalue weighted by Crippen LogP contribution is -2.50. The summed E-state index contributed by atoms with van der Waals surface area (Å²) in [7, 11) is -3.19. The molecular formula is C10H19N3O5S. The van der Waals surface area contributed by atoms with Gasteiger partial charge in [-0.1, -0.05) is 0 Å². The second-order valence-electron chi connectivity index (χ2n) is 4.65. The number of aliphatic carboxylic acids is 1. The van der Waals surface area contributed by atoms with E-state index >= 15 is 0 Å². The van der Waals surface area contributed by atoms with Gasteiger partial charge in [-0.3, -0.25) is 9.59 Å². The van der Waals surface area contributed by atoms with Crippen LogP contribution in [0.1, 0.15) is 19.3 Å². The molecule has 0 spiro atoms. The molecule has 0 aromatic heterocycles. The standard InChI is InChI=1S/C10H19N3O5S/c1-19(17,18)13-4-2-7(3-5-13)12-10(16)8(11)6-9(14)15/h7-8H,2-6,11H2,1H3,(H,12,16)(H,14,15). The molecular weight excluding hydrogens is 274 g/mol. The molecule has 1 aliphatic rings. The van der Waals surface area contributed by atoms with E-state index in [0.29, 0.717) is 25.9 Å². The summed E-state index contributed by atoms with van der Waals surface area (Å²) in [5.74, 6) is -1.64. The van der Waals surface area contributed by atoms with Gasteiger partial charge in [-0.15, -0.1) is 0 Å². The zero-order valence-corrected chi connectivity index (χ0v) is 11.5. The van der Waals surface area contributed by atoms with Gasteiger partial charge in [-0.05, 0) is 12.8 Å². The van der Waals surface area contributed by atoms with Crippen LogP contribution in [0, 0.1) is 0 Å². The molecule has 1 aliphatic heterocycles. The summed E-state index contributed by atoms with van der Waals surface area (Å²) < 4.78 is 24.0. The van der Waals surface area contributed by atoms with Crippen LogP contribution >= 0.6 is 0 Å². The van der Waals surface area contributed by atoms with Gasteiger partial charge >= 0.3 is 5.97 Å². The minimum Gasteiger partial charge on any atom is -0.481 e. The lowest BCUT2D eigenvalue weighted by molar-refractivity contribution is -0.139. The molecule has 9 heteroatoms. The molecule has 4 N–H and O–H groups in total.